The Morgan fingerprint density at radius 3 is 2.50 bits per heavy atom. The molecule has 0 unspecified atom stereocenters. The zero-order valence-corrected chi connectivity index (χ0v) is 12.1. The van der Waals surface area contributed by atoms with Crippen LogP contribution >= 0.6 is 11.8 Å². The largest absolute Gasteiger partial charge is 0.382 e. The molecule has 6 heteroatoms. The van der Waals surface area contributed by atoms with Gasteiger partial charge in [-0.15, -0.1) is 11.8 Å². The van der Waals surface area contributed by atoms with Gasteiger partial charge in [-0.25, -0.2) is 9.97 Å². The second kappa shape index (κ2) is 6.38. The van der Waals surface area contributed by atoms with Crippen molar-refractivity contribution in [3.8, 4) is 0 Å². The lowest BCUT2D eigenvalue weighted by Gasteiger charge is -2.14. The highest BCUT2D eigenvalue weighted by molar-refractivity contribution is 7.98. The summed E-state index contributed by atoms with van der Waals surface area (Å²) in [4.78, 5) is 21.1. The van der Waals surface area contributed by atoms with Crippen LogP contribution in [-0.2, 0) is 0 Å². The Balaban J connectivity index is 2.09. The summed E-state index contributed by atoms with van der Waals surface area (Å²) in [5, 5.41) is 2.86. The van der Waals surface area contributed by atoms with Gasteiger partial charge in [0, 0.05) is 17.3 Å². The topological polar surface area (TPSA) is 80.9 Å². The fourth-order valence-corrected chi connectivity index (χ4v) is 2.17. The molecule has 5 nitrogen and oxygen atoms in total. The number of amides is 1. The predicted molar refractivity (Wildman–Crippen MR) is 80.5 cm³/mol. The number of nitrogens with one attached hydrogen (secondary N) is 1. The molecule has 0 aliphatic rings. The summed E-state index contributed by atoms with van der Waals surface area (Å²) < 4.78 is 0. The Kier molecular flexibility index (Phi) is 4.57. The van der Waals surface area contributed by atoms with Gasteiger partial charge in [-0.1, -0.05) is 12.1 Å². The summed E-state index contributed by atoms with van der Waals surface area (Å²) in [6.07, 6.45) is 4.93. The maximum Gasteiger partial charge on any atom is 0.274 e. The van der Waals surface area contributed by atoms with E-state index < -0.39 is 0 Å². The molecule has 0 aliphatic heterocycles. The van der Waals surface area contributed by atoms with E-state index in [0.29, 0.717) is 0 Å². The van der Waals surface area contributed by atoms with E-state index in [0.717, 1.165) is 5.56 Å². The molecule has 104 valence electrons. The van der Waals surface area contributed by atoms with Crippen LogP contribution < -0.4 is 11.1 Å². The van der Waals surface area contributed by atoms with E-state index in [1.54, 1.807) is 11.8 Å². The van der Waals surface area contributed by atoms with Gasteiger partial charge in [0.25, 0.3) is 5.91 Å². The first-order valence-corrected chi connectivity index (χ1v) is 7.35. The zero-order chi connectivity index (χ0) is 14.5. The van der Waals surface area contributed by atoms with Crippen LogP contribution in [0.25, 0.3) is 0 Å². The van der Waals surface area contributed by atoms with Crippen molar-refractivity contribution < 1.29 is 4.79 Å². The molecule has 1 amide bonds. The van der Waals surface area contributed by atoms with E-state index in [9.17, 15) is 4.79 Å². The molecule has 1 aromatic heterocycles. The number of hydrogen-bond acceptors (Lipinski definition) is 5. The molecule has 0 radical (unpaired) electrons. The van der Waals surface area contributed by atoms with Crippen LogP contribution in [0.4, 0.5) is 5.82 Å². The molecule has 0 saturated heterocycles. The average molecular weight is 288 g/mol. The molecule has 0 aliphatic carbocycles. The summed E-state index contributed by atoms with van der Waals surface area (Å²) >= 11 is 1.68. The molecule has 2 rings (SSSR count). The Morgan fingerprint density at radius 1 is 1.25 bits per heavy atom. The number of carbonyl (C=O) groups excluding carboxylic acids is 1. The molecular weight excluding hydrogens is 272 g/mol. The van der Waals surface area contributed by atoms with E-state index in [1.807, 2.05) is 37.4 Å². The Labute approximate surface area is 122 Å². The highest BCUT2D eigenvalue weighted by Gasteiger charge is 2.15. The number of carbonyl (C=O) groups is 1. The second-order valence-corrected chi connectivity index (χ2v) is 5.14. The van der Waals surface area contributed by atoms with Crippen LogP contribution in [0.5, 0.6) is 0 Å². The van der Waals surface area contributed by atoms with Crippen LogP contribution in [0, 0.1) is 0 Å². The quantitative estimate of drug-likeness (QED) is 0.844. The van der Waals surface area contributed by atoms with Gasteiger partial charge in [0.1, 0.15) is 0 Å². The molecular formula is C14H16N4OS. The van der Waals surface area contributed by atoms with Crippen molar-refractivity contribution in [1.29, 1.82) is 0 Å². The lowest BCUT2D eigenvalue weighted by molar-refractivity contribution is 0.0935. The minimum absolute atomic E-state index is 0.125. The zero-order valence-electron chi connectivity index (χ0n) is 11.3. The van der Waals surface area contributed by atoms with Crippen molar-refractivity contribution in [2.75, 3.05) is 12.0 Å². The number of nitrogens with zero attached hydrogens (tertiary/aromatic N) is 2. The lowest BCUT2D eigenvalue weighted by atomic mass is 10.1. The fourth-order valence-electron chi connectivity index (χ4n) is 1.76. The van der Waals surface area contributed by atoms with Crippen LogP contribution in [-0.4, -0.2) is 22.1 Å². The first kappa shape index (κ1) is 14.3. The molecule has 1 atom stereocenters. The molecule has 0 spiro atoms. The number of anilines is 1. The van der Waals surface area contributed by atoms with Crippen LogP contribution in [0.3, 0.4) is 0 Å². The van der Waals surface area contributed by atoms with E-state index in [2.05, 4.69) is 15.3 Å². The first-order valence-electron chi connectivity index (χ1n) is 6.13. The van der Waals surface area contributed by atoms with Gasteiger partial charge in [-0.3, -0.25) is 4.79 Å². The Bertz CT molecular complexity index is 600. The minimum atomic E-state index is -0.322. The monoisotopic (exact) mass is 288 g/mol. The van der Waals surface area contributed by atoms with E-state index >= 15 is 0 Å². The molecule has 0 saturated carbocycles. The molecule has 0 fully saturated rings. The lowest BCUT2D eigenvalue weighted by Crippen LogP contribution is -2.28. The molecule has 0 bridgehead atoms. The fraction of sp³-hybridized carbons (Fsp3) is 0.214. The summed E-state index contributed by atoms with van der Waals surface area (Å²) in [6, 6.07) is 7.92. The number of aromatic nitrogens is 2. The van der Waals surface area contributed by atoms with E-state index in [1.165, 1.54) is 17.3 Å². The second-order valence-electron chi connectivity index (χ2n) is 4.26. The summed E-state index contributed by atoms with van der Waals surface area (Å²) in [6.45, 7) is 1.92. The van der Waals surface area contributed by atoms with E-state index in [-0.39, 0.29) is 23.5 Å². The van der Waals surface area contributed by atoms with Gasteiger partial charge in [-0.2, -0.15) is 0 Å². The Morgan fingerprint density at radius 2 is 1.90 bits per heavy atom. The van der Waals surface area contributed by atoms with Gasteiger partial charge >= 0.3 is 0 Å². The predicted octanol–water partition coefficient (Wildman–Crippen LogP) is 2.27. The van der Waals surface area contributed by atoms with Crippen LogP contribution in [0.15, 0.2) is 41.6 Å². The Hall–Kier alpha value is -2.08. The summed E-state index contributed by atoms with van der Waals surface area (Å²) in [5.41, 5.74) is 6.82. The number of hydrogen-bond donors (Lipinski definition) is 2. The number of rotatable bonds is 4. The van der Waals surface area contributed by atoms with Crippen molar-refractivity contribution in [2.24, 2.45) is 0 Å². The maximum absolute atomic E-state index is 12.1. The minimum Gasteiger partial charge on any atom is -0.382 e. The SMILES string of the molecule is CSc1ccc([C@@H](C)NC(=O)c2nccnc2N)cc1. The third-order valence-electron chi connectivity index (χ3n) is 2.91. The van der Waals surface area contributed by atoms with Gasteiger partial charge in [0.2, 0.25) is 0 Å². The summed E-state index contributed by atoms with van der Waals surface area (Å²) in [5.74, 6) is -0.188. The molecule has 2 aromatic rings. The van der Waals surface area contributed by atoms with Gasteiger partial charge in [0.15, 0.2) is 11.5 Å². The highest BCUT2D eigenvalue weighted by atomic mass is 32.2. The third-order valence-corrected chi connectivity index (χ3v) is 3.65. The molecule has 3 N–H and O–H groups in total. The number of nitrogens with two attached hydrogens (primary N) is 1. The van der Waals surface area contributed by atoms with Crippen molar-refractivity contribution in [3.05, 3.63) is 47.9 Å². The molecule has 1 heterocycles. The van der Waals surface area contributed by atoms with E-state index in [4.69, 9.17) is 5.73 Å². The van der Waals surface area contributed by atoms with Gasteiger partial charge < -0.3 is 11.1 Å². The number of thioether (sulfide) groups is 1. The van der Waals surface area contributed by atoms with Crippen molar-refractivity contribution in [3.63, 3.8) is 0 Å². The molecule has 1 aromatic carbocycles. The van der Waals surface area contributed by atoms with Crippen molar-refractivity contribution in [1.82, 2.24) is 15.3 Å². The van der Waals surface area contributed by atoms with Gasteiger partial charge in [0.05, 0.1) is 6.04 Å². The smallest absolute Gasteiger partial charge is 0.274 e. The van der Waals surface area contributed by atoms with Crippen LogP contribution in [0.1, 0.15) is 29.0 Å². The van der Waals surface area contributed by atoms with Gasteiger partial charge in [-0.05, 0) is 30.9 Å². The van der Waals surface area contributed by atoms with Crippen molar-refractivity contribution in [2.45, 2.75) is 17.9 Å². The normalized spacial score (nSPS) is 11.9. The number of nitrogen functional groups attached to an aromatic ring is 1. The molecule has 20 heavy (non-hydrogen) atoms. The highest BCUT2D eigenvalue weighted by Crippen LogP contribution is 2.19. The third kappa shape index (κ3) is 3.27. The van der Waals surface area contributed by atoms with Crippen molar-refractivity contribution >= 4 is 23.5 Å². The number of benzene rings is 1. The van der Waals surface area contributed by atoms with Crippen LogP contribution in [0.2, 0.25) is 0 Å². The first-order chi connectivity index (χ1) is 9.61. The summed E-state index contributed by atoms with van der Waals surface area (Å²) in [7, 11) is 0. The maximum atomic E-state index is 12.1. The standard InChI is InChI=1S/C14H16N4OS/c1-9(10-3-5-11(20-2)6-4-10)18-14(19)12-13(15)17-8-7-16-12/h3-9H,1-2H3,(H2,15,17)(H,18,19)/t9-/m1/s1. The average Bonchev–Trinajstić information content (AvgIpc) is 2.47.